The molecular formula is C11H14F2N2O. The fraction of sp³-hybridized carbons (Fsp3) is 0.727. The quantitative estimate of drug-likeness (QED) is 0.795. The Morgan fingerprint density at radius 2 is 2.31 bits per heavy atom. The topological polar surface area (TPSA) is 29.3 Å². The molecule has 0 radical (unpaired) electrons. The maximum atomic E-state index is 13.0. The van der Waals surface area contributed by atoms with Crippen molar-refractivity contribution in [1.82, 2.24) is 10.1 Å². The smallest absolute Gasteiger partial charge is 0.261 e. The molecule has 1 aliphatic heterocycles. The maximum absolute atomic E-state index is 13.0. The van der Waals surface area contributed by atoms with Gasteiger partial charge in [0.2, 0.25) is 0 Å². The molecule has 1 aromatic heterocycles. The Kier molecular flexibility index (Phi) is 2.24. The van der Waals surface area contributed by atoms with E-state index < -0.39 is 5.92 Å². The molecule has 1 saturated carbocycles. The zero-order valence-electron chi connectivity index (χ0n) is 8.96. The summed E-state index contributed by atoms with van der Waals surface area (Å²) in [7, 11) is 0. The van der Waals surface area contributed by atoms with Crippen LogP contribution < -0.4 is 0 Å². The number of nitrogens with zero attached hydrogens (tertiary/aromatic N) is 2. The van der Waals surface area contributed by atoms with Crippen molar-refractivity contribution in [3.05, 3.63) is 17.5 Å². The van der Waals surface area contributed by atoms with Gasteiger partial charge in [-0.2, -0.15) is 0 Å². The van der Waals surface area contributed by atoms with Gasteiger partial charge in [0.05, 0.1) is 12.2 Å². The van der Waals surface area contributed by atoms with E-state index in [0.717, 1.165) is 24.3 Å². The van der Waals surface area contributed by atoms with Crippen molar-refractivity contribution in [3.8, 4) is 0 Å². The minimum Gasteiger partial charge on any atom is -0.361 e. The van der Waals surface area contributed by atoms with Crippen LogP contribution in [-0.2, 0) is 6.54 Å². The van der Waals surface area contributed by atoms with Gasteiger partial charge in [0.15, 0.2) is 0 Å². The Labute approximate surface area is 92.4 Å². The Morgan fingerprint density at radius 3 is 2.94 bits per heavy atom. The van der Waals surface area contributed by atoms with Crippen molar-refractivity contribution < 1.29 is 13.3 Å². The van der Waals surface area contributed by atoms with E-state index >= 15 is 0 Å². The van der Waals surface area contributed by atoms with Crippen LogP contribution in [0, 0.1) is 0 Å². The number of hydrogen-bond donors (Lipinski definition) is 0. The third-order valence-electron chi connectivity index (χ3n) is 3.19. The molecule has 2 fully saturated rings. The largest absolute Gasteiger partial charge is 0.361 e. The standard InChI is InChI=1S/C11H14F2N2O/c12-11(13)3-4-15(7-11)6-9-5-10(16-14-9)8-1-2-8/h5,8H,1-4,6-7H2. The third kappa shape index (κ3) is 2.09. The lowest BCUT2D eigenvalue weighted by molar-refractivity contribution is 0.0113. The molecule has 0 N–H and O–H groups in total. The van der Waals surface area contributed by atoms with Crippen molar-refractivity contribution in [2.75, 3.05) is 13.1 Å². The van der Waals surface area contributed by atoms with Gasteiger partial charge in [-0.3, -0.25) is 4.90 Å². The molecule has 16 heavy (non-hydrogen) atoms. The molecular weight excluding hydrogens is 214 g/mol. The van der Waals surface area contributed by atoms with E-state index in [1.54, 1.807) is 4.90 Å². The summed E-state index contributed by atoms with van der Waals surface area (Å²) in [5.41, 5.74) is 0.777. The fourth-order valence-corrected chi connectivity index (χ4v) is 2.13. The summed E-state index contributed by atoms with van der Waals surface area (Å²) in [4.78, 5) is 1.73. The lowest BCUT2D eigenvalue weighted by Gasteiger charge is -2.12. The Balaban J connectivity index is 1.61. The van der Waals surface area contributed by atoms with Gasteiger partial charge in [0, 0.05) is 31.5 Å². The summed E-state index contributed by atoms with van der Waals surface area (Å²) in [5.74, 6) is -1.08. The van der Waals surface area contributed by atoms with E-state index in [-0.39, 0.29) is 13.0 Å². The summed E-state index contributed by atoms with van der Waals surface area (Å²) in [6, 6.07) is 1.91. The van der Waals surface area contributed by atoms with E-state index in [0.29, 0.717) is 19.0 Å². The molecule has 2 heterocycles. The van der Waals surface area contributed by atoms with Crippen LogP contribution in [0.2, 0.25) is 0 Å². The molecule has 3 rings (SSSR count). The molecule has 0 aromatic carbocycles. The third-order valence-corrected chi connectivity index (χ3v) is 3.19. The first-order valence-corrected chi connectivity index (χ1v) is 5.68. The number of aromatic nitrogens is 1. The Morgan fingerprint density at radius 1 is 1.50 bits per heavy atom. The molecule has 0 spiro atoms. The van der Waals surface area contributed by atoms with Crippen LogP contribution in [0.5, 0.6) is 0 Å². The molecule has 3 nitrogen and oxygen atoms in total. The monoisotopic (exact) mass is 228 g/mol. The normalized spacial score (nSPS) is 25.1. The highest BCUT2D eigenvalue weighted by Crippen LogP contribution is 2.40. The summed E-state index contributed by atoms with van der Waals surface area (Å²) in [5, 5.41) is 3.93. The van der Waals surface area contributed by atoms with Crippen LogP contribution in [0.15, 0.2) is 10.6 Å². The van der Waals surface area contributed by atoms with E-state index in [1.165, 1.54) is 0 Å². The first kappa shape index (κ1) is 10.2. The number of alkyl halides is 2. The second-order valence-electron chi connectivity index (χ2n) is 4.81. The molecule has 1 saturated heterocycles. The fourth-order valence-electron chi connectivity index (χ4n) is 2.13. The van der Waals surface area contributed by atoms with Gasteiger partial charge >= 0.3 is 0 Å². The van der Waals surface area contributed by atoms with Crippen LogP contribution in [0.4, 0.5) is 8.78 Å². The highest BCUT2D eigenvalue weighted by atomic mass is 19.3. The van der Waals surface area contributed by atoms with Crippen LogP contribution in [-0.4, -0.2) is 29.1 Å². The highest BCUT2D eigenvalue weighted by molar-refractivity contribution is 5.14. The lowest BCUT2D eigenvalue weighted by atomic mass is 10.3. The molecule has 0 atom stereocenters. The average Bonchev–Trinajstić information content (AvgIpc) is 2.88. The predicted octanol–water partition coefficient (Wildman–Crippen LogP) is 2.39. The van der Waals surface area contributed by atoms with Crippen molar-refractivity contribution >= 4 is 0 Å². The van der Waals surface area contributed by atoms with E-state index in [4.69, 9.17) is 4.52 Å². The number of likely N-dealkylation sites (tertiary alicyclic amines) is 1. The van der Waals surface area contributed by atoms with Crippen molar-refractivity contribution in [2.45, 2.75) is 37.6 Å². The summed E-state index contributed by atoms with van der Waals surface area (Å²) in [6.07, 6.45) is 2.28. The van der Waals surface area contributed by atoms with Gasteiger partial charge in [-0.25, -0.2) is 8.78 Å². The zero-order chi connectivity index (χ0) is 11.2. The van der Waals surface area contributed by atoms with Crippen molar-refractivity contribution in [1.29, 1.82) is 0 Å². The van der Waals surface area contributed by atoms with Crippen molar-refractivity contribution in [2.24, 2.45) is 0 Å². The average molecular weight is 228 g/mol. The molecule has 1 aliphatic carbocycles. The van der Waals surface area contributed by atoms with Gasteiger partial charge < -0.3 is 4.52 Å². The van der Waals surface area contributed by atoms with Crippen LogP contribution in [0.1, 0.15) is 36.6 Å². The van der Waals surface area contributed by atoms with Crippen LogP contribution in [0.25, 0.3) is 0 Å². The second kappa shape index (κ2) is 3.52. The maximum Gasteiger partial charge on any atom is 0.261 e. The van der Waals surface area contributed by atoms with Gasteiger partial charge in [-0.05, 0) is 12.8 Å². The zero-order valence-corrected chi connectivity index (χ0v) is 8.96. The van der Waals surface area contributed by atoms with E-state index in [1.807, 2.05) is 6.07 Å². The Bertz CT molecular complexity index is 387. The molecule has 2 aliphatic rings. The van der Waals surface area contributed by atoms with Gasteiger partial charge in [0.25, 0.3) is 5.92 Å². The van der Waals surface area contributed by atoms with Crippen LogP contribution >= 0.6 is 0 Å². The number of rotatable bonds is 3. The Hall–Kier alpha value is -0.970. The molecule has 88 valence electrons. The molecule has 0 amide bonds. The van der Waals surface area contributed by atoms with Crippen molar-refractivity contribution in [3.63, 3.8) is 0 Å². The number of halogens is 2. The lowest BCUT2D eigenvalue weighted by Crippen LogP contribution is -2.24. The highest BCUT2D eigenvalue weighted by Gasteiger charge is 2.38. The SMILES string of the molecule is FC1(F)CCN(Cc2cc(C3CC3)on2)C1. The molecule has 5 heteroatoms. The molecule has 1 aromatic rings. The van der Waals surface area contributed by atoms with E-state index in [2.05, 4.69) is 5.16 Å². The summed E-state index contributed by atoms with van der Waals surface area (Å²) in [6.45, 7) is 0.767. The van der Waals surface area contributed by atoms with Gasteiger partial charge in [-0.1, -0.05) is 5.16 Å². The van der Waals surface area contributed by atoms with E-state index in [9.17, 15) is 8.78 Å². The molecule has 0 unspecified atom stereocenters. The van der Waals surface area contributed by atoms with Gasteiger partial charge in [0.1, 0.15) is 5.76 Å². The first-order valence-electron chi connectivity index (χ1n) is 5.68. The minimum atomic E-state index is -2.52. The van der Waals surface area contributed by atoms with Crippen LogP contribution in [0.3, 0.4) is 0 Å². The minimum absolute atomic E-state index is 0.0413. The van der Waals surface area contributed by atoms with Gasteiger partial charge in [-0.15, -0.1) is 0 Å². The predicted molar refractivity (Wildman–Crippen MR) is 53.3 cm³/mol. The summed E-state index contributed by atoms with van der Waals surface area (Å²) >= 11 is 0. The number of hydrogen-bond acceptors (Lipinski definition) is 3. The second-order valence-corrected chi connectivity index (χ2v) is 4.81. The summed E-state index contributed by atoms with van der Waals surface area (Å²) < 4.78 is 31.1. The molecule has 0 bridgehead atoms. The first-order chi connectivity index (χ1) is 7.62.